The van der Waals surface area contributed by atoms with Gasteiger partial charge in [-0.2, -0.15) is 0 Å². The van der Waals surface area contributed by atoms with Crippen molar-refractivity contribution in [1.29, 1.82) is 0 Å². The third-order valence-corrected chi connectivity index (χ3v) is 7.07. The van der Waals surface area contributed by atoms with Gasteiger partial charge in [0.2, 0.25) is 21.8 Å². The SMILES string of the molecule is CC[C@@H](C(=O)NCC(C)C)N(Cc1ccc(Cl)cc1)C(=O)CN(c1cc(Cl)ccc1C)S(C)(=O)=O. The van der Waals surface area contributed by atoms with Gasteiger partial charge in [0, 0.05) is 23.1 Å². The Hall–Kier alpha value is -2.29. The van der Waals surface area contributed by atoms with Crippen LogP contribution in [0, 0.1) is 12.8 Å². The van der Waals surface area contributed by atoms with Crippen molar-refractivity contribution in [2.24, 2.45) is 5.92 Å². The maximum Gasteiger partial charge on any atom is 0.244 e. The maximum atomic E-state index is 13.7. The molecule has 2 aromatic rings. The maximum absolute atomic E-state index is 13.7. The van der Waals surface area contributed by atoms with Gasteiger partial charge in [0.1, 0.15) is 12.6 Å². The molecule has 0 aliphatic carbocycles. The van der Waals surface area contributed by atoms with E-state index >= 15 is 0 Å². The smallest absolute Gasteiger partial charge is 0.244 e. The van der Waals surface area contributed by atoms with Crippen LogP contribution in [-0.4, -0.2) is 50.5 Å². The molecule has 0 aliphatic rings. The fourth-order valence-corrected chi connectivity index (χ4v) is 4.77. The van der Waals surface area contributed by atoms with Gasteiger partial charge in [-0.05, 0) is 54.7 Å². The Morgan fingerprint density at radius 2 is 1.63 bits per heavy atom. The van der Waals surface area contributed by atoms with Crippen molar-refractivity contribution in [3.8, 4) is 0 Å². The zero-order valence-corrected chi connectivity index (χ0v) is 23.0. The van der Waals surface area contributed by atoms with E-state index in [9.17, 15) is 18.0 Å². The molecule has 2 aromatic carbocycles. The van der Waals surface area contributed by atoms with Gasteiger partial charge in [0.05, 0.1) is 11.9 Å². The number of rotatable bonds is 11. The first kappa shape index (κ1) is 28.9. The summed E-state index contributed by atoms with van der Waals surface area (Å²) >= 11 is 12.1. The van der Waals surface area contributed by atoms with E-state index in [1.54, 1.807) is 43.3 Å². The Morgan fingerprint density at radius 3 is 2.17 bits per heavy atom. The number of hydrogen-bond acceptors (Lipinski definition) is 4. The fourth-order valence-electron chi connectivity index (χ4n) is 3.57. The predicted octanol–water partition coefficient (Wildman–Crippen LogP) is 4.65. The Bertz CT molecular complexity index is 1140. The first-order valence-corrected chi connectivity index (χ1v) is 14.0. The minimum Gasteiger partial charge on any atom is -0.354 e. The number of nitrogens with zero attached hydrogens (tertiary/aromatic N) is 2. The van der Waals surface area contributed by atoms with Crippen molar-refractivity contribution in [2.45, 2.75) is 46.7 Å². The first-order chi connectivity index (χ1) is 16.3. The molecule has 1 atom stereocenters. The lowest BCUT2D eigenvalue weighted by molar-refractivity contribution is -0.140. The highest BCUT2D eigenvalue weighted by molar-refractivity contribution is 7.92. The lowest BCUT2D eigenvalue weighted by atomic mass is 10.1. The molecule has 2 rings (SSSR count). The zero-order chi connectivity index (χ0) is 26.3. The molecule has 0 unspecified atom stereocenters. The molecular formula is C25H33Cl2N3O4S. The van der Waals surface area contributed by atoms with Crippen molar-refractivity contribution < 1.29 is 18.0 Å². The van der Waals surface area contributed by atoms with E-state index in [2.05, 4.69) is 5.32 Å². The number of halogens is 2. The van der Waals surface area contributed by atoms with Crippen LogP contribution in [0.4, 0.5) is 5.69 Å². The number of carbonyl (C=O) groups is 2. The van der Waals surface area contributed by atoms with E-state index in [0.717, 1.165) is 16.1 Å². The van der Waals surface area contributed by atoms with Gasteiger partial charge in [0.25, 0.3) is 0 Å². The summed E-state index contributed by atoms with van der Waals surface area (Å²) in [5.74, 6) is -0.548. The standard InChI is InChI=1S/C25H33Cl2N3O4S/c1-6-22(25(32)28-14-17(2)3)29(15-19-8-11-20(26)12-9-19)24(31)16-30(35(5,33)34)23-13-21(27)10-7-18(23)4/h7-13,17,22H,6,14-16H2,1-5H3,(H,28,32)/t22-/m0/s1. The number of carbonyl (C=O) groups excluding carboxylic acids is 2. The van der Waals surface area contributed by atoms with Crippen LogP contribution in [0.1, 0.15) is 38.3 Å². The number of anilines is 1. The average molecular weight is 543 g/mol. The molecule has 0 aromatic heterocycles. The molecule has 0 saturated heterocycles. The van der Waals surface area contributed by atoms with Crippen LogP contribution in [-0.2, 0) is 26.2 Å². The number of sulfonamides is 1. The van der Waals surface area contributed by atoms with Crippen molar-refractivity contribution in [3.63, 3.8) is 0 Å². The van der Waals surface area contributed by atoms with E-state index in [1.807, 2.05) is 20.8 Å². The Labute approximate surface area is 218 Å². The van der Waals surface area contributed by atoms with E-state index in [4.69, 9.17) is 23.2 Å². The highest BCUT2D eigenvalue weighted by Gasteiger charge is 2.32. The lowest BCUT2D eigenvalue weighted by Gasteiger charge is -2.33. The van der Waals surface area contributed by atoms with Crippen LogP contribution in [0.3, 0.4) is 0 Å². The highest BCUT2D eigenvalue weighted by Crippen LogP contribution is 2.27. The number of hydrogen-bond donors (Lipinski definition) is 1. The molecule has 0 fully saturated rings. The van der Waals surface area contributed by atoms with E-state index in [1.165, 1.54) is 11.0 Å². The van der Waals surface area contributed by atoms with Gasteiger partial charge in [-0.25, -0.2) is 8.42 Å². The van der Waals surface area contributed by atoms with Crippen molar-refractivity contribution in [2.75, 3.05) is 23.7 Å². The van der Waals surface area contributed by atoms with Crippen LogP contribution in [0.15, 0.2) is 42.5 Å². The molecule has 1 N–H and O–H groups in total. The molecule has 2 amide bonds. The second-order valence-corrected chi connectivity index (χ2v) is 11.7. The summed E-state index contributed by atoms with van der Waals surface area (Å²) in [7, 11) is -3.83. The highest BCUT2D eigenvalue weighted by atomic mass is 35.5. The monoisotopic (exact) mass is 541 g/mol. The average Bonchev–Trinajstić information content (AvgIpc) is 2.78. The molecule has 7 nitrogen and oxygen atoms in total. The third-order valence-electron chi connectivity index (χ3n) is 5.46. The predicted molar refractivity (Wildman–Crippen MR) is 142 cm³/mol. The Morgan fingerprint density at radius 1 is 1.03 bits per heavy atom. The van der Waals surface area contributed by atoms with Crippen LogP contribution in [0.25, 0.3) is 0 Å². The van der Waals surface area contributed by atoms with Gasteiger partial charge in [0.15, 0.2) is 0 Å². The summed E-state index contributed by atoms with van der Waals surface area (Å²) in [4.78, 5) is 28.1. The normalized spacial score (nSPS) is 12.3. The minimum atomic E-state index is -3.83. The summed E-state index contributed by atoms with van der Waals surface area (Å²) in [5.41, 5.74) is 1.73. The van der Waals surface area contributed by atoms with Gasteiger partial charge >= 0.3 is 0 Å². The van der Waals surface area contributed by atoms with Crippen LogP contribution < -0.4 is 9.62 Å². The summed E-state index contributed by atoms with van der Waals surface area (Å²) in [5, 5.41) is 3.79. The number of benzene rings is 2. The molecule has 35 heavy (non-hydrogen) atoms. The van der Waals surface area contributed by atoms with Crippen molar-refractivity contribution in [1.82, 2.24) is 10.2 Å². The van der Waals surface area contributed by atoms with Crippen molar-refractivity contribution in [3.05, 3.63) is 63.6 Å². The molecule has 0 radical (unpaired) electrons. The molecule has 192 valence electrons. The summed E-state index contributed by atoms with van der Waals surface area (Å²) < 4.78 is 26.5. The largest absolute Gasteiger partial charge is 0.354 e. The van der Waals surface area contributed by atoms with E-state index < -0.39 is 28.5 Å². The second kappa shape index (κ2) is 12.6. The quantitative estimate of drug-likeness (QED) is 0.448. The van der Waals surface area contributed by atoms with Crippen molar-refractivity contribution >= 4 is 50.7 Å². The third kappa shape index (κ3) is 8.40. The molecule has 0 aliphatic heterocycles. The van der Waals surface area contributed by atoms with Gasteiger partial charge < -0.3 is 10.2 Å². The lowest BCUT2D eigenvalue weighted by Crippen LogP contribution is -2.52. The Balaban J connectivity index is 2.45. The molecular weight excluding hydrogens is 509 g/mol. The molecule has 0 heterocycles. The van der Waals surface area contributed by atoms with Crippen LogP contribution in [0.2, 0.25) is 10.0 Å². The molecule has 0 spiro atoms. The van der Waals surface area contributed by atoms with Gasteiger partial charge in [-0.1, -0.05) is 62.2 Å². The van der Waals surface area contributed by atoms with Crippen LogP contribution in [0.5, 0.6) is 0 Å². The topological polar surface area (TPSA) is 86.8 Å². The number of amides is 2. The molecule has 10 heteroatoms. The molecule has 0 bridgehead atoms. The summed E-state index contributed by atoms with van der Waals surface area (Å²) in [6, 6.07) is 11.0. The minimum absolute atomic E-state index is 0.121. The fraction of sp³-hybridized carbons (Fsp3) is 0.440. The van der Waals surface area contributed by atoms with E-state index in [0.29, 0.717) is 34.3 Å². The summed E-state index contributed by atoms with van der Waals surface area (Å²) in [6.07, 6.45) is 1.40. The van der Waals surface area contributed by atoms with Gasteiger partial charge in [-0.3, -0.25) is 13.9 Å². The van der Waals surface area contributed by atoms with E-state index in [-0.39, 0.29) is 18.4 Å². The number of aryl methyl sites for hydroxylation is 1. The van der Waals surface area contributed by atoms with Crippen LogP contribution >= 0.6 is 23.2 Å². The Kier molecular flexibility index (Phi) is 10.4. The van der Waals surface area contributed by atoms with Gasteiger partial charge in [-0.15, -0.1) is 0 Å². The summed E-state index contributed by atoms with van der Waals surface area (Å²) in [6.45, 7) is 7.64. The molecule has 0 saturated carbocycles. The second-order valence-electron chi connectivity index (χ2n) is 8.91. The number of nitrogens with one attached hydrogen (secondary N) is 1. The zero-order valence-electron chi connectivity index (χ0n) is 20.7. The first-order valence-electron chi connectivity index (χ1n) is 11.4.